The fraction of sp³-hybridized carbons (Fsp3) is 0.300. The molecule has 0 aliphatic carbocycles. The molecule has 0 saturated heterocycles. The van der Waals surface area contributed by atoms with E-state index in [1.165, 1.54) is 29.1 Å². The maximum atomic E-state index is 11.1. The molecular weight excluding hydrogens is 299 g/mol. The topological polar surface area (TPSA) is 47.8 Å². The summed E-state index contributed by atoms with van der Waals surface area (Å²) in [6, 6.07) is 0. The SMILES string of the molecule is CC(=O)c1[c-]n(-c2nc(C)c(C)s2)nc1.[Y]. The van der Waals surface area contributed by atoms with E-state index in [2.05, 4.69) is 16.3 Å². The number of ketones is 1. The average Bonchev–Trinajstić information content (AvgIpc) is 2.74. The second kappa shape index (κ2) is 5.30. The second-order valence-corrected chi connectivity index (χ2v) is 4.46. The number of carbonyl (C=O) groups is 1. The molecule has 2 aromatic rings. The van der Waals surface area contributed by atoms with Crippen molar-refractivity contribution in [3.63, 3.8) is 0 Å². The van der Waals surface area contributed by atoms with Gasteiger partial charge in [-0.05, 0) is 33.2 Å². The molecular formula is C10H10N3OSY-. The van der Waals surface area contributed by atoms with Crippen molar-refractivity contribution in [3.8, 4) is 5.13 Å². The summed E-state index contributed by atoms with van der Waals surface area (Å²) >= 11 is 1.54. The molecule has 2 aromatic heterocycles. The Balaban J connectivity index is 0.00000128. The van der Waals surface area contributed by atoms with Crippen LogP contribution in [0.1, 0.15) is 27.9 Å². The van der Waals surface area contributed by atoms with Crippen LogP contribution in [0.15, 0.2) is 6.20 Å². The van der Waals surface area contributed by atoms with E-state index < -0.39 is 0 Å². The monoisotopic (exact) mass is 309 g/mol. The van der Waals surface area contributed by atoms with Gasteiger partial charge in [0.1, 0.15) is 5.13 Å². The van der Waals surface area contributed by atoms with Gasteiger partial charge in [0.15, 0.2) is 0 Å². The Kier molecular flexibility index (Phi) is 4.53. The third-order valence-electron chi connectivity index (χ3n) is 2.11. The minimum Gasteiger partial charge on any atom is -0.352 e. The van der Waals surface area contributed by atoms with Crippen molar-refractivity contribution >= 4 is 17.1 Å². The van der Waals surface area contributed by atoms with Gasteiger partial charge >= 0.3 is 0 Å². The first-order valence-electron chi connectivity index (χ1n) is 4.50. The fourth-order valence-corrected chi connectivity index (χ4v) is 1.93. The first-order valence-corrected chi connectivity index (χ1v) is 5.32. The summed E-state index contributed by atoms with van der Waals surface area (Å²) in [5.74, 6) is -0.0359. The van der Waals surface area contributed by atoms with E-state index in [0.29, 0.717) is 5.56 Å². The number of rotatable bonds is 2. The van der Waals surface area contributed by atoms with E-state index >= 15 is 0 Å². The summed E-state index contributed by atoms with van der Waals surface area (Å²) in [5.41, 5.74) is 1.48. The van der Waals surface area contributed by atoms with Crippen molar-refractivity contribution in [1.29, 1.82) is 0 Å². The molecule has 81 valence electrons. The van der Waals surface area contributed by atoms with E-state index in [0.717, 1.165) is 15.7 Å². The molecule has 0 fully saturated rings. The van der Waals surface area contributed by atoms with Crippen LogP contribution in [0.3, 0.4) is 0 Å². The minimum absolute atomic E-state index is 0. The summed E-state index contributed by atoms with van der Waals surface area (Å²) in [5, 5.41) is 4.80. The summed E-state index contributed by atoms with van der Waals surface area (Å²) < 4.78 is 1.52. The molecule has 0 unspecified atom stereocenters. The molecule has 2 rings (SSSR count). The predicted octanol–water partition coefficient (Wildman–Crippen LogP) is 1.95. The molecule has 0 aliphatic heterocycles. The van der Waals surface area contributed by atoms with E-state index in [4.69, 9.17) is 0 Å². The molecule has 0 N–H and O–H groups in total. The third-order valence-corrected chi connectivity index (χ3v) is 3.15. The largest absolute Gasteiger partial charge is 0.352 e. The number of aryl methyl sites for hydroxylation is 2. The zero-order valence-corrected chi connectivity index (χ0v) is 13.0. The van der Waals surface area contributed by atoms with Gasteiger partial charge in [0, 0.05) is 43.3 Å². The smallest absolute Gasteiger partial charge is 0.135 e. The van der Waals surface area contributed by atoms with E-state index in [-0.39, 0.29) is 38.5 Å². The van der Waals surface area contributed by atoms with Crippen LogP contribution in [0, 0.1) is 20.0 Å². The summed E-state index contributed by atoms with van der Waals surface area (Å²) in [4.78, 5) is 16.5. The van der Waals surface area contributed by atoms with E-state index in [9.17, 15) is 4.79 Å². The van der Waals surface area contributed by atoms with Crippen LogP contribution in [0.4, 0.5) is 0 Å². The predicted molar refractivity (Wildman–Crippen MR) is 57.6 cm³/mol. The van der Waals surface area contributed by atoms with E-state index in [1.807, 2.05) is 13.8 Å². The number of aromatic nitrogens is 3. The van der Waals surface area contributed by atoms with Gasteiger partial charge in [-0.1, -0.05) is 5.56 Å². The van der Waals surface area contributed by atoms with Crippen molar-refractivity contribution in [2.45, 2.75) is 20.8 Å². The van der Waals surface area contributed by atoms with Crippen LogP contribution in [-0.4, -0.2) is 20.5 Å². The van der Waals surface area contributed by atoms with Crippen LogP contribution >= 0.6 is 11.3 Å². The summed E-state index contributed by atoms with van der Waals surface area (Å²) in [6.45, 7) is 5.45. The normalized spacial score (nSPS) is 9.94. The first-order chi connectivity index (χ1) is 7.08. The maximum absolute atomic E-state index is 11.1. The Bertz CT molecular complexity index is 498. The van der Waals surface area contributed by atoms with Crippen LogP contribution < -0.4 is 0 Å². The molecule has 0 aliphatic rings. The zero-order valence-electron chi connectivity index (χ0n) is 9.31. The molecule has 4 nitrogen and oxygen atoms in total. The van der Waals surface area contributed by atoms with Gasteiger partial charge < -0.3 is 9.48 Å². The number of hydrogen-bond donors (Lipinski definition) is 0. The standard InChI is InChI=1S/C10H10N3OS.Y/c1-6-8(3)15-10(12-6)13-5-9(4-11-13)7(2)14;/h4H,1-3H3;/q-1;. The van der Waals surface area contributed by atoms with Crippen LogP contribution in [0.5, 0.6) is 0 Å². The van der Waals surface area contributed by atoms with Gasteiger partial charge in [0.25, 0.3) is 0 Å². The van der Waals surface area contributed by atoms with Crippen molar-refractivity contribution in [2.75, 3.05) is 0 Å². The van der Waals surface area contributed by atoms with Gasteiger partial charge in [-0.3, -0.25) is 4.98 Å². The quantitative estimate of drug-likeness (QED) is 0.629. The van der Waals surface area contributed by atoms with Crippen molar-refractivity contribution in [3.05, 3.63) is 28.5 Å². The Morgan fingerprint density at radius 3 is 2.62 bits per heavy atom. The molecule has 0 amide bonds. The van der Waals surface area contributed by atoms with Gasteiger partial charge in [-0.25, -0.2) is 5.10 Å². The number of Topliss-reactive ketones (excluding diaryl/α,β-unsaturated/α-hetero) is 1. The molecule has 0 aromatic carbocycles. The number of hydrogen-bond acceptors (Lipinski definition) is 4. The molecule has 0 spiro atoms. The van der Waals surface area contributed by atoms with Crippen molar-refractivity contribution < 1.29 is 37.5 Å². The number of carbonyl (C=O) groups excluding carboxylic acids is 1. The Morgan fingerprint density at radius 2 is 2.19 bits per heavy atom. The Hall–Kier alpha value is -0.386. The Morgan fingerprint density at radius 1 is 1.50 bits per heavy atom. The molecule has 0 atom stereocenters. The number of nitrogens with zero attached hydrogens (tertiary/aromatic N) is 3. The molecule has 0 bridgehead atoms. The maximum Gasteiger partial charge on any atom is 0.135 e. The third kappa shape index (κ3) is 2.65. The van der Waals surface area contributed by atoms with Gasteiger partial charge in [0.05, 0.1) is 5.78 Å². The van der Waals surface area contributed by atoms with E-state index in [1.54, 1.807) is 0 Å². The van der Waals surface area contributed by atoms with Crippen LogP contribution in [0.2, 0.25) is 0 Å². The van der Waals surface area contributed by atoms with Crippen LogP contribution in [-0.2, 0) is 32.7 Å². The molecule has 0 saturated carbocycles. The first kappa shape index (κ1) is 13.7. The van der Waals surface area contributed by atoms with Crippen molar-refractivity contribution in [2.24, 2.45) is 0 Å². The average molecular weight is 309 g/mol. The zero-order chi connectivity index (χ0) is 11.0. The van der Waals surface area contributed by atoms with Gasteiger partial charge in [-0.15, -0.1) is 0 Å². The summed E-state index contributed by atoms with van der Waals surface area (Å²) in [6.07, 6.45) is 4.38. The van der Waals surface area contributed by atoms with Crippen molar-refractivity contribution in [1.82, 2.24) is 14.8 Å². The Labute approximate surface area is 123 Å². The molecule has 2 heterocycles. The molecule has 1 radical (unpaired) electrons. The summed E-state index contributed by atoms with van der Waals surface area (Å²) in [7, 11) is 0. The van der Waals surface area contributed by atoms with Crippen LogP contribution in [0.25, 0.3) is 5.13 Å². The van der Waals surface area contributed by atoms with Gasteiger partial charge in [0.2, 0.25) is 0 Å². The number of thiazole rings is 1. The molecule has 6 heteroatoms. The fourth-order valence-electron chi connectivity index (χ4n) is 1.10. The minimum atomic E-state index is -0.0359. The van der Waals surface area contributed by atoms with Gasteiger partial charge in [-0.2, -0.15) is 11.3 Å². The molecule has 16 heavy (non-hydrogen) atoms. The second-order valence-electron chi connectivity index (χ2n) is 3.28.